The van der Waals surface area contributed by atoms with E-state index in [0.29, 0.717) is 17.9 Å². The van der Waals surface area contributed by atoms with Crippen LogP contribution in [0.15, 0.2) is 16.5 Å². The van der Waals surface area contributed by atoms with E-state index in [9.17, 15) is 9.59 Å². The first kappa shape index (κ1) is 17.6. The molecule has 0 radical (unpaired) electrons. The smallest absolute Gasteiger partial charge is 0.355 e. The van der Waals surface area contributed by atoms with Crippen LogP contribution in [0.1, 0.15) is 56.3 Å². The topological polar surface area (TPSA) is 64.7 Å². The monoisotopic (exact) mass is 346 g/mol. The van der Waals surface area contributed by atoms with Crippen LogP contribution in [0.25, 0.3) is 11.1 Å². The second kappa shape index (κ2) is 6.94. The zero-order valence-corrected chi connectivity index (χ0v) is 15.4. The van der Waals surface area contributed by atoms with Crippen molar-refractivity contribution in [3.05, 3.63) is 23.6 Å². The first-order valence-corrected chi connectivity index (χ1v) is 9.00. The van der Waals surface area contributed by atoms with E-state index in [-0.39, 0.29) is 24.5 Å². The van der Waals surface area contributed by atoms with E-state index in [1.54, 1.807) is 17.6 Å². The van der Waals surface area contributed by atoms with Crippen LogP contribution < -0.4 is 0 Å². The summed E-state index contributed by atoms with van der Waals surface area (Å²) in [5.41, 5.74) is 1.72. The zero-order valence-electron chi connectivity index (χ0n) is 15.4. The van der Waals surface area contributed by atoms with Crippen LogP contribution in [-0.2, 0) is 16.1 Å². The Balaban J connectivity index is 1.94. The number of ether oxygens (including phenoxy) is 1. The summed E-state index contributed by atoms with van der Waals surface area (Å²) >= 11 is 0. The van der Waals surface area contributed by atoms with Crippen LogP contribution in [0, 0.1) is 6.92 Å². The van der Waals surface area contributed by atoms with Crippen LogP contribution >= 0.6 is 0 Å². The number of rotatable bonds is 4. The molecule has 0 spiro atoms. The van der Waals surface area contributed by atoms with Gasteiger partial charge in [0, 0.05) is 24.2 Å². The number of nitrogens with zero attached hydrogens (tertiary/aromatic N) is 2. The average Bonchev–Trinajstić information content (AvgIpc) is 3.05. The molecule has 0 bridgehead atoms. The molecule has 1 fully saturated rings. The molecule has 0 aromatic carbocycles. The molecule has 1 saturated heterocycles. The van der Waals surface area contributed by atoms with Crippen molar-refractivity contribution in [1.29, 1.82) is 0 Å². The van der Waals surface area contributed by atoms with E-state index in [1.165, 1.54) is 0 Å². The highest BCUT2D eigenvalue weighted by Gasteiger charge is 2.30. The highest BCUT2D eigenvalue weighted by atomic mass is 16.5. The minimum atomic E-state index is -0.431. The van der Waals surface area contributed by atoms with Crippen molar-refractivity contribution >= 4 is 23.0 Å². The van der Waals surface area contributed by atoms with Gasteiger partial charge in [0.25, 0.3) is 0 Å². The number of carbonyl (C=O) groups is 2. The molecule has 0 N–H and O–H groups in total. The minimum absolute atomic E-state index is 0.0293. The fourth-order valence-corrected chi connectivity index (χ4v) is 3.84. The predicted molar refractivity (Wildman–Crippen MR) is 94.5 cm³/mol. The molecular weight excluding hydrogens is 320 g/mol. The van der Waals surface area contributed by atoms with Gasteiger partial charge in [-0.1, -0.05) is 0 Å². The number of hydrogen-bond acceptors (Lipinski definition) is 4. The lowest BCUT2D eigenvalue weighted by atomic mass is 9.97. The number of furan rings is 1. The standard InChI is InChI=1S/C19H26N2O4/c1-5-24-19(23)16-10-17-15(9-14(4)25-17)20(16)11-18(22)21-12(2)7-6-8-13(21)3/h9-10,12-13H,5-8,11H2,1-4H3. The van der Waals surface area contributed by atoms with Crippen molar-refractivity contribution in [2.24, 2.45) is 0 Å². The van der Waals surface area contributed by atoms with Gasteiger partial charge in [-0.05, 0) is 47.0 Å². The molecule has 2 aromatic rings. The quantitative estimate of drug-likeness (QED) is 0.795. The fraction of sp³-hybridized carbons (Fsp3) is 0.579. The summed E-state index contributed by atoms with van der Waals surface area (Å²) in [5, 5.41) is 0. The third-order valence-electron chi connectivity index (χ3n) is 4.97. The summed E-state index contributed by atoms with van der Waals surface area (Å²) in [5.74, 6) is 0.349. The highest BCUT2D eigenvalue weighted by molar-refractivity contribution is 5.95. The number of piperidine rings is 1. The molecular formula is C19H26N2O4. The largest absolute Gasteiger partial charge is 0.461 e. The predicted octanol–water partition coefficient (Wildman–Crippen LogP) is 3.51. The van der Waals surface area contributed by atoms with E-state index >= 15 is 0 Å². The van der Waals surface area contributed by atoms with Crippen LogP contribution in [0.3, 0.4) is 0 Å². The van der Waals surface area contributed by atoms with Crippen molar-refractivity contribution in [3.63, 3.8) is 0 Å². The van der Waals surface area contributed by atoms with E-state index in [2.05, 4.69) is 13.8 Å². The van der Waals surface area contributed by atoms with Gasteiger partial charge < -0.3 is 18.6 Å². The number of esters is 1. The summed E-state index contributed by atoms with van der Waals surface area (Å²) in [6.07, 6.45) is 3.19. The summed E-state index contributed by atoms with van der Waals surface area (Å²) in [6, 6.07) is 3.96. The number of hydrogen-bond donors (Lipinski definition) is 0. The molecule has 3 rings (SSSR count). The van der Waals surface area contributed by atoms with Gasteiger partial charge in [-0.3, -0.25) is 4.79 Å². The number of aryl methyl sites for hydroxylation is 1. The Morgan fingerprint density at radius 3 is 2.56 bits per heavy atom. The van der Waals surface area contributed by atoms with Crippen LogP contribution in [-0.4, -0.2) is 40.0 Å². The van der Waals surface area contributed by atoms with E-state index in [4.69, 9.17) is 9.15 Å². The van der Waals surface area contributed by atoms with Crippen LogP contribution in [0.5, 0.6) is 0 Å². The van der Waals surface area contributed by atoms with Gasteiger partial charge in [-0.2, -0.15) is 0 Å². The molecule has 6 heteroatoms. The van der Waals surface area contributed by atoms with Gasteiger partial charge in [0.05, 0.1) is 12.1 Å². The first-order valence-electron chi connectivity index (χ1n) is 9.00. The van der Waals surface area contributed by atoms with Crippen molar-refractivity contribution in [2.45, 2.75) is 65.6 Å². The third kappa shape index (κ3) is 3.30. The number of carbonyl (C=O) groups excluding carboxylic acids is 2. The Morgan fingerprint density at radius 1 is 1.24 bits per heavy atom. The van der Waals surface area contributed by atoms with Crippen molar-refractivity contribution in [2.75, 3.05) is 6.61 Å². The molecule has 1 aliphatic rings. The Bertz CT molecular complexity index is 779. The van der Waals surface area contributed by atoms with E-state index in [1.807, 2.05) is 17.9 Å². The molecule has 0 saturated carbocycles. The summed E-state index contributed by atoms with van der Waals surface area (Å²) < 4.78 is 12.5. The van der Waals surface area contributed by atoms with Crippen LogP contribution in [0.2, 0.25) is 0 Å². The second-order valence-corrected chi connectivity index (χ2v) is 6.87. The summed E-state index contributed by atoms with van der Waals surface area (Å²) in [4.78, 5) is 27.2. The van der Waals surface area contributed by atoms with Gasteiger partial charge in [0.15, 0.2) is 5.58 Å². The van der Waals surface area contributed by atoms with Gasteiger partial charge in [-0.15, -0.1) is 0 Å². The molecule has 2 unspecified atom stereocenters. The van der Waals surface area contributed by atoms with Gasteiger partial charge in [0.1, 0.15) is 18.0 Å². The Kier molecular flexibility index (Phi) is 4.88. The van der Waals surface area contributed by atoms with Gasteiger partial charge in [0.2, 0.25) is 5.91 Å². The molecule has 2 aromatic heterocycles. The summed E-state index contributed by atoms with van der Waals surface area (Å²) in [7, 11) is 0. The second-order valence-electron chi connectivity index (χ2n) is 6.87. The Morgan fingerprint density at radius 2 is 1.92 bits per heavy atom. The van der Waals surface area contributed by atoms with Crippen molar-refractivity contribution in [3.8, 4) is 0 Å². The van der Waals surface area contributed by atoms with E-state index in [0.717, 1.165) is 30.5 Å². The maximum atomic E-state index is 13.0. The lowest BCUT2D eigenvalue weighted by molar-refractivity contribution is -0.137. The van der Waals surface area contributed by atoms with E-state index < -0.39 is 5.97 Å². The number of amides is 1. The maximum absolute atomic E-state index is 13.0. The summed E-state index contributed by atoms with van der Waals surface area (Å²) in [6.45, 7) is 8.20. The Hall–Kier alpha value is -2.24. The molecule has 3 heterocycles. The molecule has 2 atom stereocenters. The molecule has 25 heavy (non-hydrogen) atoms. The fourth-order valence-electron chi connectivity index (χ4n) is 3.84. The first-order chi connectivity index (χ1) is 11.9. The van der Waals surface area contributed by atoms with Crippen molar-refractivity contribution < 1.29 is 18.7 Å². The lowest BCUT2D eigenvalue weighted by Crippen LogP contribution is -2.48. The number of aromatic nitrogens is 1. The minimum Gasteiger partial charge on any atom is -0.461 e. The number of likely N-dealkylation sites (tertiary alicyclic amines) is 1. The average molecular weight is 346 g/mol. The van der Waals surface area contributed by atoms with Crippen LogP contribution in [0.4, 0.5) is 0 Å². The third-order valence-corrected chi connectivity index (χ3v) is 4.97. The Labute approximate surface area is 147 Å². The maximum Gasteiger partial charge on any atom is 0.355 e. The number of fused-ring (bicyclic) bond motifs is 1. The molecule has 0 aliphatic carbocycles. The molecule has 136 valence electrons. The van der Waals surface area contributed by atoms with Crippen molar-refractivity contribution in [1.82, 2.24) is 9.47 Å². The van der Waals surface area contributed by atoms with Gasteiger partial charge >= 0.3 is 5.97 Å². The van der Waals surface area contributed by atoms with Gasteiger partial charge in [-0.25, -0.2) is 4.79 Å². The zero-order chi connectivity index (χ0) is 18.1. The lowest BCUT2D eigenvalue weighted by Gasteiger charge is -2.39. The highest BCUT2D eigenvalue weighted by Crippen LogP contribution is 2.27. The normalized spacial score (nSPS) is 20.9. The SMILES string of the molecule is CCOC(=O)c1cc2oc(C)cc2n1CC(=O)N1C(C)CCCC1C. The molecule has 1 aliphatic heterocycles. The molecule has 6 nitrogen and oxygen atoms in total. The molecule has 1 amide bonds.